The summed E-state index contributed by atoms with van der Waals surface area (Å²) in [6.45, 7) is 0. The SMILES string of the molecule is O=C1C[C@@H]2CC[C@H]1[C@@H]1C(=O)N(c3ccc(Cl)c(Cl)c3)C(=O)[C@H]21. The molecule has 3 saturated carbocycles. The highest BCUT2D eigenvalue weighted by Crippen LogP contribution is 2.52. The highest BCUT2D eigenvalue weighted by atomic mass is 35.5. The number of ketones is 1. The summed E-state index contributed by atoms with van der Waals surface area (Å²) in [6.07, 6.45) is 2.00. The molecule has 1 aromatic rings. The van der Waals surface area contributed by atoms with Gasteiger partial charge in [-0.2, -0.15) is 0 Å². The topological polar surface area (TPSA) is 54.5 Å². The molecule has 5 rings (SSSR count). The van der Waals surface area contributed by atoms with E-state index in [1.807, 2.05) is 0 Å². The summed E-state index contributed by atoms with van der Waals surface area (Å²) in [7, 11) is 0. The van der Waals surface area contributed by atoms with Crippen LogP contribution in [0.25, 0.3) is 0 Å². The molecular weight excluding hydrogens is 325 g/mol. The number of benzene rings is 1. The Morgan fingerprint density at radius 3 is 2.36 bits per heavy atom. The fraction of sp³-hybridized carbons (Fsp3) is 0.438. The minimum absolute atomic E-state index is 0.00622. The number of hydrogen-bond acceptors (Lipinski definition) is 3. The van der Waals surface area contributed by atoms with E-state index < -0.39 is 5.92 Å². The van der Waals surface area contributed by atoms with E-state index in [0.717, 1.165) is 12.8 Å². The Bertz CT molecular complexity index is 717. The Labute approximate surface area is 137 Å². The average Bonchev–Trinajstić information content (AvgIpc) is 2.76. The molecule has 1 heterocycles. The van der Waals surface area contributed by atoms with Crippen molar-refractivity contribution in [3.63, 3.8) is 0 Å². The average molecular weight is 338 g/mol. The summed E-state index contributed by atoms with van der Waals surface area (Å²) in [6, 6.07) is 4.72. The molecule has 114 valence electrons. The van der Waals surface area contributed by atoms with Gasteiger partial charge in [0.25, 0.3) is 0 Å². The van der Waals surface area contributed by atoms with Crippen LogP contribution in [0.1, 0.15) is 19.3 Å². The maximum absolute atomic E-state index is 12.8. The lowest BCUT2D eigenvalue weighted by atomic mass is 9.59. The second kappa shape index (κ2) is 4.80. The molecular formula is C16H13Cl2NO3. The molecule has 0 unspecified atom stereocenters. The molecule has 2 bridgehead atoms. The summed E-state index contributed by atoms with van der Waals surface area (Å²) >= 11 is 11.9. The van der Waals surface area contributed by atoms with E-state index in [4.69, 9.17) is 23.2 Å². The predicted octanol–water partition coefficient (Wildman–Crippen LogP) is 3.10. The van der Waals surface area contributed by atoms with Crippen LogP contribution in [-0.4, -0.2) is 17.6 Å². The largest absolute Gasteiger partial charge is 0.299 e. The summed E-state index contributed by atoms with van der Waals surface area (Å²) in [5.41, 5.74) is 0.436. The van der Waals surface area contributed by atoms with Crippen molar-refractivity contribution >= 4 is 46.5 Å². The van der Waals surface area contributed by atoms with Gasteiger partial charge >= 0.3 is 0 Å². The predicted molar refractivity (Wildman–Crippen MR) is 81.8 cm³/mol. The van der Waals surface area contributed by atoms with E-state index >= 15 is 0 Å². The Morgan fingerprint density at radius 2 is 1.68 bits per heavy atom. The summed E-state index contributed by atoms with van der Waals surface area (Å²) in [5.74, 6) is -1.45. The Morgan fingerprint density at radius 1 is 0.955 bits per heavy atom. The number of amides is 2. The van der Waals surface area contributed by atoms with Gasteiger partial charge in [0.15, 0.2) is 0 Å². The summed E-state index contributed by atoms with van der Waals surface area (Å²) in [5, 5.41) is 0.672. The first kappa shape index (κ1) is 14.2. The number of hydrogen-bond donors (Lipinski definition) is 0. The molecule has 3 aliphatic carbocycles. The van der Waals surface area contributed by atoms with Crippen LogP contribution in [0.4, 0.5) is 5.69 Å². The van der Waals surface area contributed by atoms with Gasteiger partial charge in [-0.1, -0.05) is 23.2 Å². The molecule has 22 heavy (non-hydrogen) atoms. The fourth-order valence-corrected chi connectivity index (χ4v) is 4.55. The quantitative estimate of drug-likeness (QED) is 0.740. The molecule has 4 nitrogen and oxygen atoms in total. The Balaban J connectivity index is 1.77. The van der Waals surface area contributed by atoms with Gasteiger partial charge in [-0.05, 0) is 37.0 Å². The third kappa shape index (κ3) is 1.80. The molecule has 1 aliphatic heterocycles. The highest BCUT2D eigenvalue weighted by Gasteiger charge is 2.60. The lowest BCUT2D eigenvalue weighted by Crippen LogP contribution is -2.46. The third-order valence-electron chi connectivity index (χ3n) is 5.23. The molecule has 4 atom stereocenters. The van der Waals surface area contributed by atoms with Gasteiger partial charge in [-0.25, -0.2) is 4.90 Å². The second-order valence-electron chi connectivity index (χ2n) is 6.28. The van der Waals surface area contributed by atoms with Gasteiger partial charge < -0.3 is 0 Å². The smallest absolute Gasteiger partial charge is 0.238 e. The lowest BCUT2D eigenvalue weighted by Gasteiger charge is -2.41. The number of nitrogens with zero attached hydrogens (tertiary/aromatic N) is 1. The van der Waals surface area contributed by atoms with Crippen LogP contribution in [-0.2, 0) is 14.4 Å². The van der Waals surface area contributed by atoms with Crippen molar-refractivity contribution in [2.75, 3.05) is 4.90 Å². The van der Waals surface area contributed by atoms with Crippen molar-refractivity contribution in [2.45, 2.75) is 19.3 Å². The number of halogens is 2. The number of carbonyl (C=O) groups excluding carboxylic acids is 3. The fourth-order valence-electron chi connectivity index (χ4n) is 4.26. The first-order valence-corrected chi connectivity index (χ1v) is 8.10. The van der Waals surface area contributed by atoms with Crippen molar-refractivity contribution in [3.05, 3.63) is 28.2 Å². The highest BCUT2D eigenvalue weighted by molar-refractivity contribution is 6.42. The molecule has 4 aliphatic rings. The number of anilines is 1. The maximum Gasteiger partial charge on any atom is 0.238 e. The molecule has 0 spiro atoms. The molecule has 6 heteroatoms. The van der Waals surface area contributed by atoms with Crippen LogP contribution in [0.2, 0.25) is 10.0 Å². The molecule has 0 N–H and O–H groups in total. The van der Waals surface area contributed by atoms with E-state index in [1.165, 1.54) is 11.0 Å². The Hall–Kier alpha value is -1.39. The molecule has 0 aromatic heterocycles. The first-order chi connectivity index (χ1) is 10.5. The third-order valence-corrected chi connectivity index (χ3v) is 5.97. The summed E-state index contributed by atoms with van der Waals surface area (Å²) in [4.78, 5) is 38.8. The number of carbonyl (C=O) groups is 3. The van der Waals surface area contributed by atoms with Crippen molar-refractivity contribution in [3.8, 4) is 0 Å². The number of Topliss-reactive ketones (excluding diaryl/α,β-unsaturated/α-hetero) is 1. The zero-order valence-electron chi connectivity index (χ0n) is 11.6. The number of rotatable bonds is 1. The lowest BCUT2D eigenvalue weighted by molar-refractivity contribution is -0.143. The normalized spacial score (nSPS) is 33.5. The van der Waals surface area contributed by atoms with Crippen molar-refractivity contribution in [1.82, 2.24) is 0 Å². The van der Waals surface area contributed by atoms with Crippen LogP contribution in [0.3, 0.4) is 0 Å². The van der Waals surface area contributed by atoms with E-state index in [0.29, 0.717) is 22.2 Å². The zero-order valence-corrected chi connectivity index (χ0v) is 13.1. The van der Waals surface area contributed by atoms with Crippen molar-refractivity contribution in [2.24, 2.45) is 23.7 Å². The van der Waals surface area contributed by atoms with Crippen molar-refractivity contribution in [1.29, 1.82) is 0 Å². The van der Waals surface area contributed by atoms with Crippen LogP contribution in [0.5, 0.6) is 0 Å². The van der Waals surface area contributed by atoms with Gasteiger partial charge in [0, 0.05) is 12.3 Å². The van der Waals surface area contributed by atoms with Crippen LogP contribution >= 0.6 is 23.2 Å². The second-order valence-corrected chi connectivity index (χ2v) is 7.09. The maximum atomic E-state index is 12.8. The van der Waals surface area contributed by atoms with E-state index in [9.17, 15) is 14.4 Å². The molecule has 0 radical (unpaired) electrons. The molecule has 4 fully saturated rings. The monoisotopic (exact) mass is 337 g/mol. The molecule has 2 amide bonds. The van der Waals surface area contributed by atoms with Gasteiger partial charge in [-0.15, -0.1) is 0 Å². The van der Waals surface area contributed by atoms with E-state index in [-0.39, 0.29) is 35.4 Å². The minimum atomic E-state index is -0.484. The van der Waals surface area contributed by atoms with Crippen molar-refractivity contribution < 1.29 is 14.4 Å². The zero-order chi connectivity index (χ0) is 15.6. The van der Waals surface area contributed by atoms with E-state index in [2.05, 4.69) is 0 Å². The standard InChI is InChI=1S/C16H13Cl2NO3/c17-10-4-2-8(6-11(10)18)19-15(21)13-7-1-3-9(12(20)5-7)14(13)16(19)22/h2,4,6-7,9,13-14H,1,3,5H2/t7-,9+,13+,14-/m0/s1. The van der Waals surface area contributed by atoms with Gasteiger partial charge in [0.05, 0.1) is 27.6 Å². The van der Waals surface area contributed by atoms with Crippen LogP contribution in [0.15, 0.2) is 18.2 Å². The van der Waals surface area contributed by atoms with Crippen LogP contribution < -0.4 is 4.90 Å². The summed E-state index contributed by atoms with van der Waals surface area (Å²) < 4.78 is 0. The van der Waals surface area contributed by atoms with Gasteiger partial charge in [0.2, 0.25) is 11.8 Å². The Kier molecular flexibility index (Phi) is 3.10. The molecule has 1 saturated heterocycles. The van der Waals surface area contributed by atoms with Crippen LogP contribution in [0, 0.1) is 23.7 Å². The minimum Gasteiger partial charge on any atom is -0.299 e. The molecule has 1 aromatic carbocycles. The number of fused-ring (bicyclic) bond motifs is 2. The van der Waals surface area contributed by atoms with Gasteiger partial charge in [0.1, 0.15) is 5.78 Å². The van der Waals surface area contributed by atoms with E-state index in [1.54, 1.807) is 12.1 Å². The number of imide groups is 1. The first-order valence-electron chi connectivity index (χ1n) is 7.34. The van der Waals surface area contributed by atoms with Gasteiger partial charge in [-0.3, -0.25) is 14.4 Å².